The van der Waals surface area contributed by atoms with Gasteiger partial charge in [0.1, 0.15) is 5.69 Å². The van der Waals surface area contributed by atoms with Gasteiger partial charge in [-0.2, -0.15) is 0 Å². The van der Waals surface area contributed by atoms with E-state index in [0.717, 1.165) is 12.8 Å². The molecule has 1 unspecified atom stereocenters. The summed E-state index contributed by atoms with van der Waals surface area (Å²) in [5.74, 6) is 0.0545. The predicted molar refractivity (Wildman–Crippen MR) is 78.3 cm³/mol. The first-order chi connectivity index (χ1) is 9.90. The molecule has 1 aliphatic rings. The predicted octanol–water partition coefficient (Wildman–Crippen LogP) is 1.48. The fraction of sp³-hybridized carbons (Fsp3) is 0.500. The van der Waals surface area contributed by atoms with Crippen molar-refractivity contribution in [1.82, 2.24) is 4.90 Å². The molecule has 0 aliphatic heterocycles. The molecule has 1 fully saturated rings. The van der Waals surface area contributed by atoms with Gasteiger partial charge in [0.25, 0.3) is 11.6 Å². The van der Waals surface area contributed by atoms with Crippen molar-refractivity contribution in [1.29, 1.82) is 0 Å². The average molecular weight is 293 g/mol. The summed E-state index contributed by atoms with van der Waals surface area (Å²) in [7, 11) is 3.24. The van der Waals surface area contributed by atoms with Crippen molar-refractivity contribution in [2.45, 2.75) is 18.9 Å². The van der Waals surface area contributed by atoms with Crippen LogP contribution in [-0.4, -0.2) is 47.6 Å². The van der Waals surface area contributed by atoms with E-state index in [1.807, 2.05) is 0 Å². The molecule has 7 heteroatoms. The second kappa shape index (κ2) is 6.09. The van der Waals surface area contributed by atoms with E-state index in [-0.39, 0.29) is 29.7 Å². The first-order valence-corrected chi connectivity index (χ1v) is 6.82. The van der Waals surface area contributed by atoms with Crippen LogP contribution < -0.4 is 5.32 Å². The van der Waals surface area contributed by atoms with Crippen molar-refractivity contribution in [2.75, 3.05) is 26.0 Å². The van der Waals surface area contributed by atoms with Crippen LogP contribution in [0.2, 0.25) is 0 Å². The van der Waals surface area contributed by atoms with Gasteiger partial charge < -0.3 is 15.3 Å². The van der Waals surface area contributed by atoms with Crippen LogP contribution in [-0.2, 0) is 0 Å². The number of aliphatic hydroxyl groups excluding tert-OH is 1. The first kappa shape index (κ1) is 15.2. The lowest BCUT2D eigenvalue weighted by Gasteiger charge is -2.14. The van der Waals surface area contributed by atoms with Crippen LogP contribution in [0.1, 0.15) is 23.2 Å². The summed E-state index contributed by atoms with van der Waals surface area (Å²) in [6.45, 7) is 0.241. The van der Waals surface area contributed by atoms with E-state index in [4.69, 9.17) is 0 Å². The Morgan fingerprint density at radius 1 is 1.52 bits per heavy atom. The third-order valence-electron chi connectivity index (χ3n) is 3.51. The summed E-state index contributed by atoms with van der Waals surface area (Å²) >= 11 is 0. The van der Waals surface area contributed by atoms with Gasteiger partial charge in [0.2, 0.25) is 0 Å². The largest absolute Gasteiger partial charge is 0.391 e. The van der Waals surface area contributed by atoms with Crippen LogP contribution >= 0.6 is 0 Å². The number of aliphatic hydroxyl groups is 1. The van der Waals surface area contributed by atoms with Crippen molar-refractivity contribution in [2.24, 2.45) is 5.92 Å². The van der Waals surface area contributed by atoms with Gasteiger partial charge in [0.05, 0.1) is 11.0 Å². The second-order valence-electron chi connectivity index (χ2n) is 5.47. The van der Waals surface area contributed by atoms with Crippen molar-refractivity contribution in [3.8, 4) is 0 Å². The molecule has 114 valence electrons. The molecule has 1 amide bonds. The van der Waals surface area contributed by atoms with Crippen LogP contribution in [0.25, 0.3) is 0 Å². The Labute approximate surface area is 122 Å². The molecule has 2 rings (SSSR count). The van der Waals surface area contributed by atoms with Gasteiger partial charge in [0, 0.05) is 32.3 Å². The number of hydrogen-bond donors (Lipinski definition) is 2. The van der Waals surface area contributed by atoms with Gasteiger partial charge in [-0.3, -0.25) is 14.9 Å². The molecule has 0 aromatic heterocycles. The minimum Gasteiger partial charge on any atom is -0.391 e. The van der Waals surface area contributed by atoms with Gasteiger partial charge in [-0.05, 0) is 30.9 Å². The quantitative estimate of drug-likeness (QED) is 0.612. The molecule has 1 aromatic carbocycles. The Morgan fingerprint density at radius 3 is 2.71 bits per heavy atom. The van der Waals surface area contributed by atoms with Crippen LogP contribution in [0.4, 0.5) is 11.4 Å². The summed E-state index contributed by atoms with van der Waals surface area (Å²) in [5.41, 5.74) is 0.523. The number of carbonyl (C=O) groups is 1. The standard InChI is InChI=1S/C14H19N3O4/c1-16(2)14(19)10-5-6-12(17(20)21)11(7-10)15-8-13(18)9-3-4-9/h5-7,9,13,15,18H,3-4,8H2,1-2H3. The molecular weight excluding hydrogens is 274 g/mol. The maximum Gasteiger partial charge on any atom is 0.292 e. The normalized spacial score (nSPS) is 15.4. The Morgan fingerprint density at radius 2 is 2.19 bits per heavy atom. The number of rotatable bonds is 6. The smallest absolute Gasteiger partial charge is 0.292 e. The number of nitro groups is 1. The van der Waals surface area contributed by atoms with Gasteiger partial charge in [-0.1, -0.05) is 0 Å². The van der Waals surface area contributed by atoms with Crippen molar-refractivity contribution < 1.29 is 14.8 Å². The van der Waals surface area contributed by atoms with E-state index in [9.17, 15) is 20.0 Å². The Hall–Kier alpha value is -2.15. The van der Waals surface area contributed by atoms with E-state index < -0.39 is 11.0 Å². The first-order valence-electron chi connectivity index (χ1n) is 6.82. The second-order valence-corrected chi connectivity index (χ2v) is 5.47. The molecule has 2 N–H and O–H groups in total. The van der Waals surface area contributed by atoms with Gasteiger partial charge in [-0.25, -0.2) is 0 Å². The number of carbonyl (C=O) groups excluding carboxylic acids is 1. The van der Waals surface area contributed by atoms with Crippen molar-refractivity contribution >= 4 is 17.3 Å². The van der Waals surface area contributed by atoms with Crippen LogP contribution in [0.5, 0.6) is 0 Å². The number of anilines is 1. The maximum atomic E-state index is 11.9. The molecule has 1 aliphatic carbocycles. The molecule has 7 nitrogen and oxygen atoms in total. The highest BCUT2D eigenvalue weighted by Gasteiger charge is 2.30. The molecule has 1 aromatic rings. The molecule has 1 saturated carbocycles. The summed E-state index contributed by atoms with van der Waals surface area (Å²) in [6, 6.07) is 4.20. The number of nitro benzene ring substituents is 1. The minimum absolute atomic E-state index is 0.103. The molecule has 0 radical (unpaired) electrons. The molecule has 0 spiro atoms. The van der Waals surface area contributed by atoms with Crippen molar-refractivity contribution in [3.05, 3.63) is 33.9 Å². The monoisotopic (exact) mass is 293 g/mol. The highest BCUT2D eigenvalue weighted by molar-refractivity contribution is 5.95. The lowest BCUT2D eigenvalue weighted by atomic mass is 10.1. The van der Waals surface area contributed by atoms with Gasteiger partial charge in [-0.15, -0.1) is 0 Å². The zero-order valence-corrected chi connectivity index (χ0v) is 12.1. The van der Waals surface area contributed by atoms with Gasteiger partial charge in [0.15, 0.2) is 0 Å². The van der Waals surface area contributed by atoms with Gasteiger partial charge >= 0.3 is 0 Å². The van der Waals surface area contributed by atoms with E-state index in [1.165, 1.54) is 23.1 Å². The highest BCUT2D eigenvalue weighted by Crippen LogP contribution is 2.33. The molecule has 0 heterocycles. The summed E-state index contributed by atoms with van der Waals surface area (Å²) in [4.78, 5) is 23.9. The van der Waals surface area contributed by atoms with E-state index in [0.29, 0.717) is 5.56 Å². The van der Waals surface area contributed by atoms with Crippen LogP contribution in [0.15, 0.2) is 18.2 Å². The van der Waals surface area contributed by atoms with Crippen LogP contribution in [0, 0.1) is 16.0 Å². The summed E-state index contributed by atoms with van der Waals surface area (Å²) in [5, 5.41) is 23.8. The minimum atomic E-state index is -0.516. The van der Waals surface area contributed by atoms with E-state index in [1.54, 1.807) is 14.1 Å². The molecule has 21 heavy (non-hydrogen) atoms. The summed E-state index contributed by atoms with van der Waals surface area (Å²) in [6.07, 6.45) is 1.46. The van der Waals surface area contributed by atoms with Crippen molar-refractivity contribution in [3.63, 3.8) is 0 Å². The lowest BCUT2D eigenvalue weighted by molar-refractivity contribution is -0.384. The number of benzene rings is 1. The fourth-order valence-corrected chi connectivity index (χ4v) is 2.09. The number of amides is 1. The molecule has 0 bridgehead atoms. The Bertz CT molecular complexity index is 555. The molecular formula is C14H19N3O4. The summed E-state index contributed by atoms with van der Waals surface area (Å²) < 4.78 is 0. The zero-order chi connectivity index (χ0) is 15.6. The number of nitrogens with one attached hydrogen (secondary N) is 1. The van der Waals surface area contributed by atoms with E-state index >= 15 is 0 Å². The SMILES string of the molecule is CN(C)C(=O)c1ccc([N+](=O)[O-])c(NCC(O)C2CC2)c1. The maximum absolute atomic E-state index is 11.9. The number of hydrogen-bond acceptors (Lipinski definition) is 5. The topological polar surface area (TPSA) is 95.7 Å². The Kier molecular flexibility index (Phi) is 4.42. The Balaban J connectivity index is 2.19. The third kappa shape index (κ3) is 3.69. The third-order valence-corrected chi connectivity index (χ3v) is 3.51. The fourth-order valence-electron chi connectivity index (χ4n) is 2.09. The lowest BCUT2D eigenvalue weighted by Crippen LogP contribution is -2.23. The highest BCUT2D eigenvalue weighted by atomic mass is 16.6. The molecule has 0 saturated heterocycles. The molecule has 1 atom stereocenters. The average Bonchev–Trinajstić information content (AvgIpc) is 3.27. The zero-order valence-electron chi connectivity index (χ0n) is 12.1. The van der Waals surface area contributed by atoms with E-state index in [2.05, 4.69) is 5.32 Å². The van der Waals surface area contributed by atoms with Crippen LogP contribution in [0.3, 0.4) is 0 Å². The number of nitrogens with zero attached hydrogens (tertiary/aromatic N) is 2.